The second-order valence-corrected chi connectivity index (χ2v) is 9.52. The second kappa shape index (κ2) is 8.70. The number of ether oxygens (including phenoxy) is 1. The zero-order chi connectivity index (χ0) is 22.1. The third-order valence-electron chi connectivity index (χ3n) is 7.57. The van der Waals surface area contributed by atoms with Crippen LogP contribution in [0, 0.1) is 5.41 Å². The Bertz CT molecular complexity index is 941. The quantitative estimate of drug-likeness (QED) is 0.793. The molecule has 1 amide bonds. The number of aromatic nitrogens is 2. The number of methoxy groups -OCH3 is 1. The molecule has 1 aliphatic carbocycles. The standard InChI is InChI=1S/C25H32N4O3/c1-32-22-9-3-18(4-10-22)19-15-26-24(27-16-19)28-13-2-11-25(17-28)12-14-29(23(25)31)20-5-7-21(30)8-6-20/h3-4,9-10,15-16,20-21,30H,2,5-8,11-14,17H2,1H3/t20-,21+,25-/m0/s1. The van der Waals surface area contributed by atoms with Gasteiger partial charge in [-0.25, -0.2) is 9.97 Å². The molecule has 7 nitrogen and oxygen atoms in total. The van der Waals surface area contributed by atoms with Crippen molar-refractivity contribution in [2.24, 2.45) is 5.41 Å². The predicted molar refractivity (Wildman–Crippen MR) is 122 cm³/mol. The third-order valence-corrected chi connectivity index (χ3v) is 7.57. The first-order valence-corrected chi connectivity index (χ1v) is 11.8. The smallest absolute Gasteiger partial charge is 0.230 e. The molecule has 2 aromatic rings. The zero-order valence-electron chi connectivity index (χ0n) is 18.7. The van der Waals surface area contributed by atoms with Crippen LogP contribution in [-0.2, 0) is 4.79 Å². The average Bonchev–Trinajstić information content (AvgIpc) is 3.15. The van der Waals surface area contributed by atoms with Gasteiger partial charge in [-0.1, -0.05) is 12.1 Å². The highest BCUT2D eigenvalue weighted by Crippen LogP contribution is 2.43. The molecule has 1 N–H and O–H groups in total. The van der Waals surface area contributed by atoms with Gasteiger partial charge >= 0.3 is 0 Å². The number of rotatable bonds is 4. The van der Waals surface area contributed by atoms with Gasteiger partial charge in [-0.15, -0.1) is 0 Å². The molecule has 3 aliphatic rings. The summed E-state index contributed by atoms with van der Waals surface area (Å²) in [5, 5.41) is 9.82. The van der Waals surface area contributed by atoms with Crippen LogP contribution < -0.4 is 9.64 Å². The topological polar surface area (TPSA) is 78.8 Å². The van der Waals surface area contributed by atoms with Crippen LogP contribution in [0.4, 0.5) is 5.95 Å². The molecule has 1 aromatic heterocycles. The number of piperidine rings is 1. The van der Waals surface area contributed by atoms with E-state index in [1.807, 2.05) is 36.7 Å². The number of aliphatic hydroxyl groups excluding tert-OH is 1. The highest BCUT2D eigenvalue weighted by atomic mass is 16.5. The first kappa shape index (κ1) is 21.2. The summed E-state index contributed by atoms with van der Waals surface area (Å²) in [6.07, 6.45) is 9.81. The first-order valence-electron chi connectivity index (χ1n) is 11.8. The highest BCUT2D eigenvalue weighted by molar-refractivity contribution is 5.86. The van der Waals surface area contributed by atoms with Crippen molar-refractivity contribution in [2.45, 2.75) is 57.1 Å². The van der Waals surface area contributed by atoms with Gasteiger partial charge in [0.15, 0.2) is 0 Å². The lowest BCUT2D eigenvalue weighted by molar-refractivity contribution is -0.139. The van der Waals surface area contributed by atoms with E-state index in [-0.39, 0.29) is 11.5 Å². The number of hydrogen-bond acceptors (Lipinski definition) is 6. The molecule has 1 spiro atoms. The van der Waals surface area contributed by atoms with E-state index < -0.39 is 0 Å². The molecule has 1 atom stereocenters. The summed E-state index contributed by atoms with van der Waals surface area (Å²) < 4.78 is 5.23. The van der Waals surface area contributed by atoms with Crippen molar-refractivity contribution < 1.29 is 14.6 Å². The molecule has 0 bridgehead atoms. The number of hydrogen-bond donors (Lipinski definition) is 1. The number of carbonyl (C=O) groups is 1. The SMILES string of the molecule is COc1ccc(-c2cnc(N3CCC[C@]4(CCN([C@H]5CC[C@@H](O)CC5)C4=O)C3)nc2)cc1. The van der Waals surface area contributed by atoms with Gasteiger partial charge in [-0.3, -0.25) is 4.79 Å². The minimum atomic E-state index is -0.313. The maximum absolute atomic E-state index is 13.5. The maximum Gasteiger partial charge on any atom is 0.230 e. The Morgan fingerprint density at radius 1 is 1.00 bits per heavy atom. The molecule has 1 aromatic carbocycles. The Hall–Kier alpha value is -2.67. The predicted octanol–water partition coefficient (Wildman–Crippen LogP) is 3.27. The normalized spacial score (nSPS) is 28.4. The van der Waals surface area contributed by atoms with Crippen LogP contribution in [0.2, 0.25) is 0 Å². The van der Waals surface area contributed by atoms with Crippen LogP contribution in [0.15, 0.2) is 36.7 Å². The van der Waals surface area contributed by atoms with Crippen molar-refractivity contribution in [1.82, 2.24) is 14.9 Å². The van der Waals surface area contributed by atoms with E-state index in [1.165, 1.54) is 0 Å². The van der Waals surface area contributed by atoms with Gasteiger partial charge in [0.1, 0.15) is 5.75 Å². The van der Waals surface area contributed by atoms with Crippen molar-refractivity contribution in [1.29, 1.82) is 0 Å². The van der Waals surface area contributed by atoms with Crippen LogP contribution in [0.3, 0.4) is 0 Å². The van der Waals surface area contributed by atoms with Crippen LogP contribution in [0.25, 0.3) is 11.1 Å². The van der Waals surface area contributed by atoms with Gasteiger partial charge in [0, 0.05) is 43.6 Å². The van der Waals surface area contributed by atoms with Crippen LogP contribution in [0.5, 0.6) is 5.75 Å². The summed E-state index contributed by atoms with van der Waals surface area (Å²) in [7, 11) is 1.66. The van der Waals surface area contributed by atoms with Crippen molar-refractivity contribution in [3.8, 4) is 16.9 Å². The van der Waals surface area contributed by atoms with Gasteiger partial charge in [-0.05, 0) is 62.6 Å². The third kappa shape index (κ3) is 3.94. The average molecular weight is 437 g/mol. The number of aliphatic hydroxyl groups is 1. The van der Waals surface area contributed by atoms with Gasteiger partial charge in [0.25, 0.3) is 0 Å². The molecule has 5 rings (SSSR count). The van der Waals surface area contributed by atoms with E-state index in [0.717, 1.165) is 74.9 Å². The molecular weight excluding hydrogens is 404 g/mol. The number of carbonyl (C=O) groups excluding carboxylic acids is 1. The minimum Gasteiger partial charge on any atom is -0.497 e. The van der Waals surface area contributed by atoms with Crippen molar-refractivity contribution >= 4 is 11.9 Å². The van der Waals surface area contributed by atoms with Gasteiger partial charge in [-0.2, -0.15) is 0 Å². The fourth-order valence-electron chi connectivity index (χ4n) is 5.66. The van der Waals surface area contributed by atoms with Gasteiger partial charge in [0.05, 0.1) is 18.6 Å². The van der Waals surface area contributed by atoms with Crippen molar-refractivity contribution in [2.75, 3.05) is 31.6 Å². The Kier molecular flexibility index (Phi) is 5.76. The Balaban J connectivity index is 1.28. The van der Waals surface area contributed by atoms with E-state index >= 15 is 0 Å². The summed E-state index contributed by atoms with van der Waals surface area (Å²) in [5.74, 6) is 1.83. The molecule has 3 heterocycles. The number of benzene rings is 1. The number of nitrogens with zero attached hydrogens (tertiary/aromatic N) is 4. The number of anilines is 1. The number of likely N-dealkylation sites (tertiary alicyclic amines) is 1. The highest BCUT2D eigenvalue weighted by Gasteiger charge is 2.50. The molecule has 32 heavy (non-hydrogen) atoms. The molecule has 2 aliphatic heterocycles. The lowest BCUT2D eigenvalue weighted by Gasteiger charge is -2.40. The first-order chi connectivity index (χ1) is 15.6. The largest absolute Gasteiger partial charge is 0.497 e. The summed E-state index contributed by atoms with van der Waals surface area (Å²) in [6.45, 7) is 2.41. The molecule has 1 saturated carbocycles. The van der Waals surface area contributed by atoms with Crippen LogP contribution in [-0.4, -0.2) is 64.8 Å². The van der Waals surface area contributed by atoms with E-state index in [0.29, 0.717) is 24.4 Å². The van der Waals surface area contributed by atoms with Crippen molar-refractivity contribution in [3.05, 3.63) is 36.7 Å². The van der Waals surface area contributed by atoms with E-state index in [2.05, 4.69) is 19.8 Å². The Labute approximate surface area is 189 Å². The van der Waals surface area contributed by atoms with Gasteiger partial charge < -0.3 is 19.6 Å². The maximum atomic E-state index is 13.5. The molecule has 0 unspecified atom stereocenters. The van der Waals surface area contributed by atoms with Crippen LogP contribution >= 0.6 is 0 Å². The number of amides is 1. The van der Waals surface area contributed by atoms with Crippen molar-refractivity contribution in [3.63, 3.8) is 0 Å². The summed E-state index contributed by atoms with van der Waals surface area (Å²) in [4.78, 5) is 27.1. The Morgan fingerprint density at radius 2 is 1.72 bits per heavy atom. The van der Waals surface area contributed by atoms with E-state index in [9.17, 15) is 9.90 Å². The molecule has 2 saturated heterocycles. The van der Waals surface area contributed by atoms with Crippen LogP contribution in [0.1, 0.15) is 44.9 Å². The lowest BCUT2D eigenvalue weighted by Crippen LogP contribution is -2.50. The monoisotopic (exact) mass is 436 g/mol. The zero-order valence-corrected chi connectivity index (χ0v) is 18.7. The van der Waals surface area contributed by atoms with E-state index in [1.54, 1.807) is 7.11 Å². The van der Waals surface area contributed by atoms with Gasteiger partial charge in [0.2, 0.25) is 11.9 Å². The molecule has 170 valence electrons. The molecular formula is C25H32N4O3. The minimum absolute atomic E-state index is 0.193. The fourth-order valence-corrected chi connectivity index (χ4v) is 5.66. The molecule has 3 fully saturated rings. The fraction of sp³-hybridized carbons (Fsp3) is 0.560. The molecule has 0 radical (unpaired) electrons. The summed E-state index contributed by atoms with van der Waals surface area (Å²) in [6, 6.07) is 8.16. The molecule has 7 heteroatoms. The van der Waals surface area contributed by atoms with E-state index in [4.69, 9.17) is 4.74 Å². The second-order valence-electron chi connectivity index (χ2n) is 9.52. The summed E-state index contributed by atoms with van der Waals surface area (Å²) >= 11 is 0. The summed E-state index contributed by atoms with van der Waals surface area (Å²) in [5.41, 5.74) is 1.70. The Morgan fingerprint density at radius 3 is 2.41 bits per heavy atom. The lowest BCUT2D eigenvalue weighted by atomic mass is 9.78.